The number of rotatable bonds is 5. The van der Waals surface area contributed by atoms with Gasteiger partial charge in [0.15, 0.2) is 0 Å². The van der Waals surface area contributed by atoms with Crippen LogP contribution in [0.3, 0.4) is 0 Å². The predicted molar refractivity (Wildman–Crippen MR) is 86.5 cm³/mol. The SMILES string of the molecule is CCN1CC[C@H](CNCc2cc3ccccc3[nH]c2=O)C1. The van der Waals surface area contributed by atoms with E-state index < -0.39 is 0 Å². The molecule has 112 valence electrons. The molecule has 2 N–H and O–H groups in total. The standard InChI is InChI=1S/C17H23N3O/c1-2-20-8-7-13(12-20)10-18-11-15-9-14-5-3-4-6-16(14)19-17(15)21/h3-6,9,13,18H,2,7-8,10-12H2,1H3,(H,19,21)/t13-/m1/s1. The van der Waals surface area contributed by atoms with Gasteiger partial charge >= 0.3 is 0 Å². The van der Waals surface area contributed by atoms with E-state index in [1.54, 1.807) is 0 Å². The highest BCUT2D eigenvalue weighted by atomic mass is 16.1. The minimum atomic E-state index is 0.0165. The second-order valence-electron chi connectivity index (χ2n) is 5.89. The fraction of sp³-hybridized carbons (Fsp3) is 0.471. The van der Waals surface area contributed by atoms with Crippen molar-refractivity contribution in [3.05, 3.63) is 46.2 Å². The smallest absolute Gasteiger partial charge is 0.252 e. The molecule has 1 fully saturated rings. The van der Waals surface area contributed by atoms with Gasteiger partial charge < -0.3 is 15.2 Å². The van der Waals surface area contributed by atoms with E-state index in [1.165, 1.54) is 19.5 Å². The minimum absolute atomic E-state index is 0.0165. The summed E-state index contributed by atoms with van der Waals surface area (Å²) in [5.41, 5.74) is 1.74. The van der Waals surface area contributed by atoms with Crippen LogP contribution in [0.25, 0.3) is 10.9 Å². The first kappa shape index (κ1) is 14.3. The lowest BCUT2D eigenvalue weighted by atomic mass is 10.1. The van der Waals surface area contributed by atoms with Gasteiger partial charge in [0.1, 0.15) is 0 Å². The van der Waals surface area contributed by atoms with Crippen LogP contribution < -0.4 is 10.9 Å². The number of nitrogens with zero attached hydrogens (tertiary/aromatic N) is 1. The van der Waals surface area contributed by atoms with E-state index in [1.807, 2.05) is 30.3 Å². The Bertz CT molecular complexity index is 664. The van der Waals surface area contributed by atoms with Crippen LogP contribution in [0.5, 0.6) is 0 Å². The molecule has 3 rings (SSSR count). The van der Waals surface area contributed by atoms with Gasteiger partial charge in [-0.15, -0.1) is 0 Å². The Morgan fingerprint density at radius 1 is 1.38 bits per heavy atom. The highest BCUT2D eigenvalue weighted by molar-refractivity contribution is 5.78. The summed E-state index contributed by atoms with van der Waals surface area (Å²) < 4.78 is 0. The summed E-state index contributed by atoms with van der Waals surface area (Å²) in [5, 5.41) is 4.54. The molecular formula is C17H23N3O. The van der Waals surface area contributed by atoms with Gasteiger partial charge in [-0.2, -0.15) is 0 Å². The van der Waals surface area contributed by atoms with Crippen molar-refractivity contribution in [3.63, 3.8) is 0 Å². The number of hydrogen-bond donors (Lipinski definition) is 2. The molecule has 1 aromatic heterocycles. The lowest BCUT2D eigenvalue weighted by Crippen LogP contribution is -2.28. The number of aromatic amines is 1. The molecule has 0 radical (unpaired) electrons. The number of likely N-dealkylation sites (tertiary alicyclic amines) is 1. The fourth-order valence-electron chi connectivity index (χ4n) is 3.10. The summed E-state index contributed by atoms with van der Waals surface area (Å²) in [6.07, 6.45) is 1.26. The molecule has 0 spiro atoms. The average Bonchev–Trinajstić information content (AvgIpc) is 2.96. The van der Waals surface area contributed by atoms with Crippen molar-refractivity contribution in [2.45, 2.75) is 19.9 Å². The zero-order valence-corrected chi connectivity index (χ0v) is 12.6. The summed E-state index contributed by atoms with van der Waals surface area (Å²) in [6.45, 7) is 7.37. The Balaban J connectivity index is 1.60. The number of pyridine rings is 1. The number of benzene rings is 1. The quantitative estimate of drug-likeness (QED) is 0.883. The van der Waals surface area contributed by atoms with Gasteiger partial charge in [-0.25, -0.2) is 0 Å². The molecule has 2 heterocycles. The number of nitrogens with one attached hydrogen (secondary N) is 2. The first-order chi connectivity index (χ1) is 10.3. The van der Waals surface area contributed by atoms with Crippen LogP contribution in [0.1, 0.15) is 18.9 Å². The third-order valence-corrected chi connectivity index (χ3v) is 4.40. The summed E-state index contributed by atoms with van der Waals surface area (Å²) in [5.74, 6) is 0.712. The molecule has 4 heteroatoms. The van der Waals surface area contributed by atoms with E-state index >= 15 is 0 Å². The number of fused-ring (bicyclic) bond motifs is 1. The maximum atomic E-state index is 12.1. The molecule has 2 aromatic rings. The molecule has 0 aliphatic carbocycles. The summed E-state index contributed by atoms with van der Waals surface area (Å²) in [4.78, 5) is 17.5. The molecule has 0 unspecified atom stereocenters. The number of para-hydroxylation sites is 1. The van der Waals surface area contributed by atoms with Gasteiger partial charge in [0.2, 0.25) is 0 Å². The molecule has 0 amide bonds. The number of aromatic nitrogens is 1. The van der Waals surface area contributed by atoms with Crippen LogP contribution in [-0.2, 0) is 6.54 Å². The maximum absolute atomic E-state index is 12.1. The first-order valence-corrected chi connectivity index (χ1v) is 7.80. The molecule has 4 nitrogen and oxygen atoms in total. The maximum Gasteiger partial charge on any atom is 0.252 e. The van der Waals surface area contributed by atoms with E-state index in [-0.39, 0.29) is 5.56 Å². The predicted octanol–water partition coefficient (Wildman–Crippen LogP) is 1.96. The van der Waals surface area contributed by atoms with Crippen molar-refractivity contribution in [2.75, 3.05) is 26.2 Å². The Morgan fingerprint density at radius 3 is 3.05 bits per heavy atom. The molecular weight excluding hydrogens is 262 g/mol. The van der Waals surface area contributed by atoms with E-state index in [0.29, 0.717) is 12.5 Å². The van der Waals surface area contributed by atoms with E-state index in [0.717, 1.165) is 29.6 Å². The zero-order valence-electron chi connectivity index (χ0n) is 12.6. The van der Waals surface area contributed by atoms with Crippen molar-refractivity contribution in [1.82, 2.24) is 15.2 Å². The van der Waals surface area contributed by atoms with Crippen molar-refractivity contribution in [1.29, 1.82) is 0 Å². The molecule has 1 saturated heterocycles. The Morgan fingerprint density at radius 2 is 2.24 bits per heavy atom. The van der Waals surface area contributed by atoms with Crippen molar-refractivity contribution < 1.29 is 0 Å². The Hall–Kier alpha value is -1.65. The third kappa shape index (κ3) is 3.34. The summed E-state index contributed by atoms with van der Waals surface area (Å²) >= 11 is 0. The summed E-state index contributed by atoms with van der Waals surface area (Å²) in [6, 6.07) is 9.90. The van der Waals surface area contributed by atoms with Crippen molar-refractivity contribution >= 4 is 10.9 Å². The van der Waals surface area contributed by atoms with Gasteiger partial charge in [0.25, 0.3) is 5.56 Å². The second-order valence-corrected chi connectivity index (χ2v) is 5.89. The fourth-order valence-corrected chi connectivity index (χ4v) is 3.10. The zero-order chi connectivity index (χ0) is 14.7. The molecule has 21 heavy (non-hydrogen) atoms. The molecule has 1 aromatic carbocycles. The lowest BCUT2D eigenvalue weighted by Gasteiger charge is -2.13. The highest BCUT2D eigenvalue weighted by Gasteiger charge is 2.20. The van der Waals surface area contributed by atoms with Crippen LogP contribution in [0.4, 0.5) is 0 Å². The van der Waals surface area contributed by atoms with Gasteiger partial charge in [-0.1, -0.05) is 25.1 Å². The Labute approximate surface area is 125 Å². The van der Waals surface area contributed by atoms with Gasteiger partial charge in [0.05, 0.1) is 0 Å². The van der Waals surface area contributed by atoms with Crippen LogP contribution in [0, 0.1) is 5.92 Å². The lowest BCUT2D eigenvalue weighted by molar-refractivity contribution is 0.339. The van der Waals surface area contributed by atoms with Crippen molar-refractivity contribution in [2.24, 2.45) is 5.92 Å². The van der Waals surface area contributed by atoms with E-state index in [2.05, 4.69) is 22.1 Å². The summed E-state index contributed by atoms with van der Waals surface area (Å²) in [7, 11) is 0. The number of hydrogen-bond acceptors (Lipinski definition) is 3. The van der Waals surface area contributed by atoms with Crippen LogP contribution in [-0.4, -0.2) is 36.1 Å². The molecule has 1 aliphatic rings. The number of H-pyrrole nitrogens is 1. The first-order valence-electron chi connectivity index (χ1n) is 7.80. The highest BCUT2D eigenvalue weighted by Crippen LogP contribution is 2.15. The third-order valence-electron chi connectivity index (χ3n) is 4.40. The van der Waals surface area contributed by atoms with Gasteiger partial charge in [-0.05, 0) is 49.5 Å². The topological polar surface area (TPSA) is 48.1 Å². The molecule has 0 saturated carbocycles. The second kappa shape index (κ2) is 6.41. The van der Waals surface area contributed by atoms with Gasteiger partial charge in [0, 0.05) is 24.2 Å². The normalized spacial score (nSPS) is 19.4. The average molecular weight is 285 g/mol. The van der Waals surface area contributed by atoms with E-state index in [4.69, 9.17) is 0 Å². The van der Waals surface area contributed by atoms with Crippen LogP contribution in [0.2, 0.25) is 0 Å². The molecule has 1 aliphatic heterocycles. The van der Waals surface area contributed by atoms with Gasteiger partial charge in [-0.3, -0.25) is 4.79 Å². The van der Waals surface area contributed by atoms with Crippen LogP contribution >= 0.6 is 0 Å². The monoisotopic (exact) mass is 285 g/mol. The molecule has 0 bridgehead atoms. The van der Waals surface area contributed by atoms with Crippen molar-refractivity contribution in [3.8, 4) is 0 Å². The largest absolute Gasteiger partial charge is 0.322 e. The minimum Gasteiger partial charge on any atom is -0.322 e. The van der Waals surface area contributed by atoms with E-state index in [9.17, 15) is 4.79 Å². The van der Waals surface area contributed by atoms with Crippen LogP contribution in [0.15, 0.2) is 35.1 Å². The molecule has 1 atom stereocenters. The Kier molecular flexibility index (Phi) is 4.36.